The quantitative estimate of drug-likeness (QED) is 0.439. The van der Waals surface area contributed by atoms with Crippen molar-refractivity contribution in [3.05, 3.63) is 59.5 Å². The lowest BCUT2D eigenvalue weighted by molar-refractivity contribution is 0.415. The number of imidazole rings is 1. The van der Waals surface area contributed by atoms with Crippen molar-refractivity contribution in [3.63, 3.8) is 0 Å². The summed E-state index contributed by atoms with van der Waals surface area (Å²) in [5.41, 5.74) is 6.23. The van der Waals surface area contributed by atoms with Gasteiger partial charge in [-0.25, -0.2) is 4.98 Å². The first-order chi connectivity index (χ1) is 13.8. The van der Waals surface area contributed by atoms with Crippen molar-refractivity contribution in [2.75, 3.05) is 13.7 Å². The average molecular weight is 376 g/mol. The molecule has 0 aliphatic carbocycles. The molecule has 0 aliphatic rings. The molecule has 0 spiro atoms. The largest absolute Gasteiger partial charge is 0.497 e. The van der Waals surface area contributed by atoms with Crippen LogP contribution in [0.4, 0.5) is 0 Å². The second-order valence-corrected chi connectivity index (χ2v) is 6.71. The normalized spacial score (nSPS) is 11.2. The number of nitrogens with zero attached hydrogens (tertiary/aromatic N) is 3. The summed E-state index contributed by atoms with van der Waals surface area (Å²) in [6.45, 7) is 3.90. The molecule has 1 aromatic carbocycles. The molecular weight excluding hydrogens is 352 g/mol. The van der Waals surface area contributed by atoms with Crippen LogP contribution in [0.5, 0.6) is 5.75 Å². The fourth-order valence-corrected chi connectivity index (χ4v) is 3.26. The van der Waals surface area contributed by atoms with Crippen LogP contribution in [0.15, 0.2) is 42.9 Å². The predicted molar refractivity (Wildman–Crippen MR) is 109 cm³/mol. The van der Waals surface area contributed by atoms with Gasteiger partial charge in [0.1, 0.15) is 11.4 Å². The molecule has 28 heavy (non-hydrogen) atoms. The number of methoxy groups -OCH3 is 1. The van der Waals surface area contributed by atoms with Crippen molar-refractivity contribution >= 4 is 11.0 Å². The molecule has 0 aliphatic heterocycles. The minimum atomic E-state index is 0.763. The fraction of sp³-hybridized carbons (Fsp3) is 0.286. The Morgan fingerprint density at radius 1 is 1.11 bits per heavy atom. The molecule has 7 heteroatoms. The van der Waals surface area contributed by atoms with Crippen LogP contribution in [0.3, 0.4) is 0 Å². The maximum Gasteiger partial charge on any atom is 0.159 e. The van der Waals surface area contributed by atoms with E-state index >= 15 is 0 Å². The number of hydrogen-bond acceptors (Lipinski definition) is 5. The summed E-state index contributed by atoms with van der Waals surface area (Å²) in [7, 11) is 1.66. The first-order valence-electron chi connectivity index (χ1n) is 9.47. The number of rotatable bonds is 8. The van der Waals surface area contributed by atoms with Crippen LogP contribution < -0.4 is 10.1 Å². The van der Waals surface area contributed by atoms with Gasteiger partial charge in [-0.15, -0.1) is 0 Å². The molecule has 0 fully saturated rings. The molecule has 4 aromatic rings. The van der Waals surface area contributed by atoms with E-state index in [2.05, 4.69) is 43.5 Å². The Kier molecular flexibility index (Phi) is 5.34. The van der Waals surface area contributed by atoms with Crippen molar-refractivity contribution in [2.24, 2.45) is 0 Å². The maximum atomic E-state index is 5.29. The highest BCUT2D eigenvalue weighted by atomic mass is 16.5. The molecule has 3 heterocycles. The summed E-state index contributed by atoms with van der Waals surface area (Å²) in [5.74, 6) is 1.56. The Bertz CT molecular complexity index is 1070. The first kappa shape index (κ1) is 18.2. The summed E-state index contributed by atoms with van der Waals surface area (Å²) in [5, 5.41) is 10.7. The Morgan fingerprint density at radius 2 is 2.00 bits per heavy atom. The number of aromatic amines is 2. The highest BCUT2D eigenvalue weighted by molar-refractivity contribution is 5.80. The van der Waals surface area contributed by atoms with Crippen molar-refractivity contribution < 1.29 is 4.74 Å². The number of hydrogen-bond donors (Lipinski definition) is 3. The molecule has 0 bridgehead atoms. The molecule has 0 amide bonds. The van der Waals surface area contributed by atoms with Gasteiger partial charge in [0.15, 0.2) is 5.82 Å². The minimum absolute atomic E-state index is 0.763. The van der Waals surface area contributed by atoms with Crippen LogP contribution in [-0.2, 0) is 19.4 Å². The zero-order valence-corrected chi connectivity index (χ0v) is 16.1. The van der Waals surface area contributed by atoms with Crippen molar-refractivity contribution in [1.82, 2.24) is 30.5 Å². The van der Waals surface area contributed by atoms with E-state index in [1.54, 1.807) is 7.11 Å². The number of ether oxygens (including phenoxy) is 1. The molecule has 7 nitrogen and oxygen atoms in total. The molecule has 3 aromatic heterocycles. The number of H-pyrrole nitrogens is 2. The number of pyridine rings is 1. The Balaban J connectivity index is 1.52. The molecule has 0 saturated heterocycles. The van der Waals surface area contributed by atoms with Crippen LogP contribution in [-0.4, -0.2) is 38.8 Å². The molecule has 0 radical (unpaired) electrons. The predicted octanol–water partition coefficient (Wildman–Crippen LogP) is 3.25. The Labute approximate surface area is 163 Å². The van der Waals surface area contributed by atoms with Gasteiger partial charge in [-0.3, -0.25) is 10.1 Å². The van der Waals surface area contributed by atoms with Gasteiger partial charge in [0.05, 0.1) is 18.1 Å². The van der Waals surface area contributed by atoms with Crippen molar-refractivity contribution in [1.29, 1.82) is 0 Å². The molecular formula is C21H24N6O. The second-order valence-electron chi connectivity index (χ2n) is 6.71. The van der Waals surface area contributed by atoms with Gasteiger partial charge in [0.25, 0.3) is 0 Å². The summed E-state index contributed by atoms with van der Waals surface area (Å²) >= 11 is 0. The summed E-state index contributed by atoms with van der Waals surface area (Å²) in [6.07, 6.45) is 7.55. The van der Waals surface area contributed by atoms with Gasteiger partial charge in [0.2, 0.25) is 0 Å². The number of fused-ring (bicyclic) bond motifs is 1. The number of aryl methyl sites for hydroxylation is 2. The molecule has 0 saturated carbocycles. The third-order valence-electron chi connectivity index (χ3n) is 4.75. The van der Waals surface area contributed by atoms with E-state index in [4.69, 9.17) is 4.74 Å². The van der Waals surface area contributed by atoms with E-state index in [1.165, 1.54) is 11.1 Å². The van der Waals surface area contributed by atoms with Crippen LogP contribution in [0.2, 0.25) is 0 Å². The third kappa shape index (κ3) is 3.89. The number of benzene rings is 1. The standard InChI is InChI=1S/C21H24N6O/c1-3-22-11-15-8-14(10-23-12-15)4-5-16-13-24-27-20(16)21-25-18-7-6-17(28-2)9-19(18)26-21/h6-10,12-13,22H,3-5,11H2,1-2H3,(H,24,27)(H,25,26). The van der Waals surface area contributed by atoms with E-state index in [0.717, 1.165) is 59.8 Å². The molecule has 3 N–H and O–H groups in total. The van der Waals surface area contributed by atoms with E-state index in [0.29, 0.717) is 0 Å². The smallest absolute Gasteiger partial charge is 0.159 e. The molecule has 0 atom stereocenters. The van der Waals surface area contributed by atoms with E-state index in [-0.39, 0.29) is 0 Å². The van der Waals surface area contributed by atoms with Gasteiger partial charge in [-0.1, -0.05) is 13.0 Å². The van der Waals surface area contributed by atoms with Gasteiger partial charge < -0.3 is 15.0 Å². The maximum absolute atomic E-state index is 5.29. The number of aromatic nitrogens is 5. The van der Waals surface area contributed by atoms with Crippen LogP contribution >= 0.6 is 0 Å². The lowest BCUT2D eigenvalue weighted by atomic mass is 10.0. The van der Waals surface area contributed by atoms with E-state index in [1.807, 2.05) is 36.8 Å². The highest BCUT2D eigenvalue weighted by Gasteiger charge is 2.13. The summed E-state index contributed by atoms with van der Waals surface area (Å²) in [4.78, 5) is 12.4. The van der Waals surface area contributed by atoms with Crippen LogP contribution in [0, 0.1) is 0 Å². The minimum Gasteiger partial charge on any atom is -0.497 e. The zero-order chi connectivity index (χ0) is 19.3. The van der Waals surface area contributed by atoms with Gasteiger partial charge in [-0.05, 0) is 42.6 Å². The van der Waals surface area contributed by atoms with Crippen molar-refractivity contribution in [2.45, 2.75) is 26.3 Å². The van der Waals surface area contributed by atoms with E-state index < -0.39 is 0 Å². The van der Waals surface area contributed by atoms with Crippen molar-refractivity contribution in [3.8, 4) is 17.3 Å². The average Bonchev–Trinajstić information content (AvgIpc) is 3.36. The van der Waals surface area contributed by atoms with Gasteiger partial charge >= 0.3 is 0 Å². The summed E-state index contributed by atoms with van der Waals surface area (Å²) in [6, 6.07) is 8.01. The highest BCUT2D eigenvalue weighted by Crippen LogP contribution is 2.25. The Hall–Kier alpha value is -3.19. The number of nitrogens with one attached hydrogen (secondary N) is 3. The van der Waals surface area contributed by atoms with E-state index in [9.17, 15) is 0 Å². The molecule has 4 rings (SSSR count). The van der Waals surface area contributed by atoms with Crippen LogP contribution in [0.1, 0.15) is 23.6 Å². The lowest BCUT2D eigenvalue weighted by Crippen LogP contribution is -2.12. The SMILES string of the molecule is CCNCc1cncc(CCc2c[nH]nc2-c2nc3ccc(OC)cc3[nH]2)c1. The summed E-state index contributed by atoms with van der Waals surface area (Å²) < 4.78 is 5.29. The Morgan fingerprint density at radius 3 is 2.86 bits per heavy atom. The first-order valence-corrected chi connectivity index (χ1v) is 9.47. The van der Waals surface area contributed by atoms with Gasteiger partial charge in [0, 0.05) is 36.8 Å². The van der Waals surface area contributed by atoms with Gasteiger partial charge in [-0.2, -0.15) is 5.10 Å². The topological polar surface area (TPSA) is 91.5 Å². The lowest BCUT2D eigenvalue weighted by Gasteiger charge is -2.05. The molecule has 144 valence electrons. The third-order valence-corrected chi connectivity index (χ3v) is 4.75. The fourth-order valence-electron chi connectivity index (χ4n) is 3.26. The van der Waals surface area contributed by atoms with Crippen LogP contribution in [0.25, 0.3) is 22.6 Å². The monoisotopic (exact) mass is 376 g/mol. The second kappa shape index (κ2) is 8.22. The zero-order valence-electron chi connectivity index (χ0n) is 16.1. The molecule has 0 unspecified atom stereocenters.